The highest BCUT2D eigenvalue weighted by Gasteiger charge is 2.23. The number of hydrogen-bond acceptors (Lipinski definition) is 2. The average molecular weight is 352 g/mol. The molecule has 0 aliphatic heterocycles. The molecule has 1 aliphatic rings. The van der Waals surface area contributed by atoms with E-state index in [9.17, 15) is 4.79 Å². The molecule has 4 heteroatoms. The highest BCUT2D eigenvalue weighted by Crippen LogP contribution is 2.24. The number of benzene rings is 2. The molecule has 0 saturated heterocycles. The van der Waals surface area contributed by atoms with Crippen LogP contribution < -0.4 is 15.4 Å². The van der Waals surface area contributed by atoms with Crippen molar-refractivity contribution in [1.82, 2.24) is 5.32 Å². The molecule has 0 bridgehead atoms. The van der Waals surface area contributed by atoms with E-state index in [1.807, 2.05) is 31.2 Å². The standard InChI is InChI=1S/C22H28N2O2/c1-3-17-6-12-20(13-7-17)26-21-14-10-19(11-15-21)24-22(25)23-18-8-4-16(2)5-9-18/h4-9,12-13,19,21H,3,10-11,14-15H2,1-2H3,(H2,23,24,25). The molecule has 1 aliphatic carbocycles. The van der Waals surface area contributed by atoms with Crippen molar-refractivity contribution >= 4 is 11.7 Å². The summed E-state index contributed by atoms with van der Waals surface area (Å²) in [6.45, 7) is 4.18. The normalized spacial score (nSPS) is 19.6. The van der Waals surface area contributed by atoms with Crippen LogP contribution >= 0.6 is 0 Å². The van der Waals surface area contributed by atoms with Gasteiger partial charge in [0.05, 0.1) is 6.10 Å². The van der Waals surface area contributed by atoms with Crippen LogP contribution in [0.5, 0.6) is 5.75 Å². The molecule has 0 atom stereocenters. The Morgan fingerprint density at radius 2 is 1.65 bits per heavy atom. The SMILES string of the molecule is CCc1ccc(OC2CCC(NC(=O)Nc3ccc(C)cc3)CC2)cc1. The lowest BCUT2D eigenvalue weighted by molar-refractivity contribution is 0.141. The zero-order valence-electron chi connectivity index (χ0n) is 15.6. The topological polar surface area (TPSA) is 50.4 Å². The van der Waals surface area contributed by atoms with Gasteiger partial charge in [0, 0.05) is 11.7 Å². The van der Waals surface area contributed by atoms with Crippen LogP contribution in [0.3, 0.4) is 0 Å². The quantitative estimate of drug-likeness (QED) is 0.789. The second-order valence-corrected chi connectivity index (χ2v) is 7.05. The Hall–Kier alpha value is -2.49. The van der Waals surface area contributed by atoms with E-state index in [0.29, 0.717) is 0 Å². The third-order valence-electron chi connectivity index (χ3n) is 4.95. The average Bonchev–Trinajstić information content (AvgIpc) is 2.66. The molecular weight excluding hydrogens is 324 g/mol. The molecule has 26 heavy (non-hydrogen) atoms. The summed E-state index contributed by atoms with van der Waals surface area (Å²) in [7, 11) is 0. The number of hydrogen-bond donors (Lipinski definition) is 2. The van der Waals surface area contributed by atoms with E-state index < -0.39 is 0 Å². The fourth-order valence-corrected chi connectivity index (χ4v) is 3.31. The van der Waals surface area contributed by atoms with Crippen LogP contribution in [0.1, 0.15) is 43.7 Å². The van der Waals surface area contributed by atoms with Crippen LogP contribution in [-0.4, -0.2) is 18.2 Å². The first-order valence-corrected chi connectivity index (χ1v) is 9.52. The van der Waals surface area contributed by atoms with Crippen LogP contribution in [0, 0.1) is 6.92 Å². The summed E-state index contributed by atoms with van der Waals surface area (Å²) in [5, 5.41) is 5.97. The van der Waals surface area contributed by atoms with Gasteiger partial charge in [-0.3, -0.25) is 0 Å². The number of anilines is 1. The fraction of sp³-hybridized carbons (Fsp3) is 0.409. The third kappa shape index (κ3) is 5.25. The Labute approximate surface area is 156 Å². The van der Waals surface area contributed by atoms with Crippen LogP contribution in [0.25, 0.3) is 0 Å². The lowest BCUT2D eigenvalue weighted by Gasteiger charge is -2.29. The maximum atomic E-state index is 12.1. The monoisotopic (exact) mass is 352 g/mol. The van der Waals surface area contributed by atoms with E-state index in [-0.39, 0.29) is 18.2 Å². The highest BCUT2D eigenvalue weighted by atomic mass is 16.5. The van der Waals surface area contributed by atoms with E-state index in [1.54, 1.807) is 0 Å². The van der Waals surface area contributed by atoms with E-state index in [4.69, 9.17) is 4.74 Å². The summed E-state index contributed by atoms with van der Waals surface area (Å²) < 4.78 is 6.09. The summed E-state index contributed by atoms with van der Waals surface area (Å²) in [4.78, 5) is 12.1. The third-order valence-corrected chi connectivity index (χ3v) is 4.95. The zero-order chi connectivity index (χ0) is 18.4. The maximum absolute atomic E-state index is 12.1. The van der Waals surface area contributed by atoms with Gasteiger partial charge in [-0.2, -0.15) is 0 Å². The molecule has 138 valence electrons. The molecule has 2 amide bonds. The number of ether oxygens (including phenoxy) is 1. The second-order valence-electron chi connectivity index (χ2n) is 7.05. The Kier molecular flexibility index (Phi) is 6.16. The number of carbonyl (C=O) groups excluding carboxylic acids is 1. The zero-order valence-corrected chi connectivity index (χ0v) is 15.6. The summed E-state index contributed by atoms with van der Waals surface area (Å²) >= 11 is 0. The van der Waals surface area contributed by atoms with Gasteiger partial charge in [0.15, 0.2) is 0 Å². The minimum absolute atomic E-state index is 0.131. The highest BCUT2D eigenvalue weighted by molar-refractivity contribution is 5.89. The van der Waals surface area contributed by atoms with Crippen molar-refractivity contribution in [1.29, 1.82) is 0 Å². The number of aryl methyl sites for hydroxylation is 2. The Balaban J connectivity index is 1.41. The van der Waals surface area contributed by atoms with Gasteiger partial charge in [-0.1, -0.05) is 36.8 Å². The lowest BCUT2D eigenvalue weighted by atomic mass is 9.93. The van der Waals surface area contributed by atoms with E-state index >= 15 is 0 Å². The number of rotatable bonds is 5. The van der Waals surface area contributed by atoms with Gasteiger partial charge >= 0.3 is 6.03 Å². The smallest absolute Gasteiger partial charge is 0.319 e. The van der Waals surface area contributed by atoms with Gasteiger partial charge in [-0.05, 0) is 68.9 Å². The summed E-state index contributed by atoms with van der Waals surface area (Å²) in [6.07, 6.45) is 5.09. The van der Waals surface area contributed by atoms with Crippen molar-refractivity contribution in [2.45, 2.75) is 58.1 Å². The number of urea groups is 1. The van der Waals surface area contributed by atoms with Crippen molar-refractivity contribution < 1.29 is 9.53 Å². The van der Waals surface area contributed by atoms with Crippen LogP contribution in [0.4, 0.5) is 10.5 Å². The van der Waals surface area contributed by atoms with Gasteiger partial charge < -0.3 is 15.4 Å². The molecule has 0 spiro atoms. The van der Waals surface area contributed by atoms with E-state index in [1.165, 1.54) is 11.1 Å². The first-order valence-electron chi connectivity index (χ1n) is 9.52. The van der Waals surface area contributed by atoms with E-state index in [2.05, 4.69) is 41.8 Å². The molecule has 0 radical (unpaired) electrons. The minimum atomic E-state index is -0.131. The van der Waals surface area contributed by atoms with Gasteiger partial charge in [0.2, 0.25) is 0 Å². The van der Waals surface area contributed by atoms with Gasteiger partial charge in [-0.15, -0.1) is 0 Å². The van der Waals surface area contributed by atoms with Crippen molar-refractivity contribution in [3.8, 4) is 5.75 Å². The van der Waals surface area contributed by atoms with Gasteiger partial charge in [0.1, 0.15) is 5.75 Å². The molecule has 0 aromatic heterocycles. The number of amides is 2. The summed E-state index contributed by atoms with van der Waals surface area (Å²) in [6, 6.07) is 16.3. The van der Waals surface area contributed by atoms with Crippen molar-refractivity contribution in [2.24, 2.45) is 0 Å². The summed E-state index contributed by atoms with van der Waals surface area (Å²) in [5.41, 5.74) is 3.32. The molecule has 4 nitrogen and oxygen atoms in total. The van der Waals surface area contributed by atoms with Crippen LogP contribution in [0.2, 0.25) is 0 Å². The van der Waals surface area contributed by atoms with Crippen molar-refractivity contribution in [3.63, 3.8) is 0 Å². The molecule has 0 heterocycles. The van der Waals surface area contributed by atoms with Crippen LogP contribution in [0.15, 0.2) is 48.5 Å². The summed E-state index contributed by atoms with van der Waals surface area (Å²) in [5.74, 6) is 0.940. The predicted molar refractivity (Wildman–Crippen MR) is 106 cm³/mol. The maximum Gasteiger partial charge on any atom is 0.319 e. The van der Waals surface area contributed by atoms with Crippen molar-refractivity contribution in [2.75, 3.05) is 5.32 Å². The van der Waals surface area contributed by atoms with Gasteiger partial charge in [-0.25, -0.2) is 4.79 Å². The molecular formula is C22H28N2O2. The predicted octanol–water partition coefficient (Wildman–Crippen LogP) is 5.07. The van der Waals surface area contributed by atoms with Gasteiger partial charge in [0.25, 0.3) is 0 Å². The Morgan fingerprint density at radius 3 is 2.27 bits per heavy atom. The molecule has 2 aromatic carbocycles. The first-order chi connectivity index (χ1) is 12.6. The number of carbonyl (C=O) groups is 1. The molecule has 0 unspecified atom stereocenters. The Morgan fingerprint density at radius 1 is 1.00 bits per heavy atom. The molecule has 2 N–H and O–H groups in total. The van der Waals surface area contributed by atoms with Crippen LogP contribution in [-0.2, 0) is 6.42 Å². The first kappa shape index (κ1) is 18.3. The second kappa shape index (κ2) is 8.75. The number of nitrogens with one attached hydrogen (secondary N) is 2. The van der Waals surface area contributed by atoms with E-state index in [0.717, 1.165) is 43.5 Å². The fourth-order valence-electron chi connectivity index (χ4n) is 3.31. The molecule has 3 rings (SSSR count). The van der Waals surface area contributed by atoms with Crippen molar-refractivity contribution in [3.05, 3.63) is 59.7 Å². The molecule has 2 aromatic rings. The largest absolute Gasteiger partial charge is 0.490 e. The lowest BCUT2D eigenvalue weighted by Crippen LogP contribution is -2.41. The Bertz CT molecular complexity index is 702. The molecule has 1 fully saturated rings. The molecule has 1 saturated carbocycles. The minimum Gasteiger partial charge on any atom is -0.490 e.